The average Bonchev–Trinajstić information content (AvgIpc) is 3.26. The van der Waals surface area contributed by atoms with Gasteiger partial charge in [-0.1, -0.05) is 48.0 Å². The van der Waals surface area contributed by atoms with Crippen LogP contribution in [0.3, 0.4) is 0 Å². The molecule has 0 spiro atoms. The van der Waals surface area contributed by atoms with E-state index in [9.17, 15) is 9.59 Å². The zero-order valence-electron chi connectivity index (χ0n) is 15.2. The van der Waals surface area contributed by atoms with Crippen molar-refractivity contribution in [2.75, 3.05) is 5.32 Å². The molecule has 0 fully saturated rings. The first-order valence-corrected chi connectivity index (χ1v) is 9.52. The largest absolute Gasteiger partial charge is 0.321 e. The Morgan fingerprint density at radius 2 is 1.66 bits per heavy atom. The Hall–Kier alpha value is -3.63. The molecule has 2 heterocycles. The number of halogens is 1. The maximum Gasteiger partial charge on any atom is 0.262 e. The zero-order chi connectivity index (χ0) is 20.0. The lowest BCUT2D eigenvalue weighted by atomic mass is 10.0. The van der Waals surface area contributed by atoms with Crippen LogP contribution in [-0.2, 0) is 4.79 Å². The summed E-state index contributed by atoms with van der Waals surface area (Å²) in [6, 6.07) is 22.0. The van der Waals surface area contributed by atoms with Gasteiger partial charge in [0.05, 0.1) is 5.52 Å². The predicted molar refractivity (Wildman–Crippen MR) is 116 cm³/mol. The van der Waals surface area contributed by atoms with E-state index in [4.69, 9.17) is 11.6 Å². The van der Waals surface area contributed by atoms with Crippen LogP contribution in [0, 0.1) is 0 Å². The van der Waals surface area contributed by atoms with Crippen molar-refractivity contribution in [3.63, 3.8) is 0 Å². The van der Waals surface area contributed by atoms with E-state index in [1.165, 1.54) is 0 Å². The summed E-state index contributed by atoms with van der Waals surface area (Å²) in [7, 11) is 0. The van der Waals surface area contributed by atoms with E-state index < -0.39 is 0 Å². The van der Waals surface area contributed by atoms with Crippen LogP contribution < -0.4 is 5.32 Å². The molecule has 0 aliphatic carbocycles. The van der Waals surface area contributed by atoms with Crippen LogP contribution in [0.25, 0.3) is 22.6 Å². The van der Waals surface area contributed by atoms with Gasteiger partial charge < -0.3 is 5.32 Å². The Morgan fingerprint density at radius 1 is 0.931 bits per heavy atom. The Morgan fingerprint density at radius 3 is 2.48 bits per heavy atom. The Bertz CT molecular complexity index is 1320. The molecule has 1 N–H and O–H groups in total. The lowest BCUT2D eigenvalue weighted by molar-refractivity contribution is -0.110. The molecule has 0 radical (unpaired) electrons. The van der Waals surface area contributed by atoms with Crippen LogP contribution in [0.1, 0.15) is 21.5 Å². The number of fused-ring (bicyclic) bond motifs is 2. The molecular formula is C24H15ClN2O2. The highest BCUT2D eigenvalue weighted by Gasteiger charge is 2.24. The molecule has 0 bridgehead atoms. The van der Waals surface area contributed by atoms with Crippen LogP contribution in [0.2, 0.25) is 5.02 Å². The van der Waals surface area contributed by atoms with Gasteiger partial charge in [-0.2, -0.15) is 0 Å². The number of nitrogens with one attached hydrogen (secondary N) is 1. The number of aromatic nitrogens is 1. The van der Waals surface area contributed by atoms with E-state index in [-0.39, 0.29) is 11.8 Å². The summed E-state index contributed by atoms with van der Waals surface area (Å²) in [6.07, 6.45) is 3.62. The summed E-state index contributed by atoms with van der Waals surface area (Å²) in [6.45, 7) is 0. The van der Waals surface area contributed by atoms with Crippen molar-refractivity contribution in [1.82, 2.24) is 4.57 Å². The van der Waals surface area contributed by atoms with Gasteiger partial charge in [-0.15, -0.1) is 0 Å². The normalized spacial score (nSPS) is 14.2. The maximum atomic E-state index is 13.1. The number of hydrogen-bond donors (Lipinski definition) is 1. The minimum Gasteiger partial charge on any atom is -0.321 e. The summed E-state index contributed by atoms with van der Waals surface area (Å²) in [5, 5.41) is 4.36. The highest BCUT2D eigenvalue weighted by molar-refractivity contribution is 6.35. The fourth-order valence-corrected chi connectivity index (χ4v) is 3.78. The number of carbonyl (C=O) groups excluding carboxylic acids is 2. The second kappa shape index (κ2) is 6.76. The number of anilines is 1. The molecule has 1 aliphatic heterocycles. The number of hydrogen-bond acceptors (Lipinski definition) is 2. The molecule has 0 saturated heterocycles. The number of benzene rings is 3. The molecule has 1 aliphatic rings. The van der Waals surface area contributed by atoms with E-state index in [1.54, 1.807) is 35.0 Å². The molecule has 1 aromatic heterocycles. The van der Waals surface area contributed by atoms with E-state index in [0.29, 0.717) is 16.2 Å². The third-order valence-electron chi connectivity index (χ3n) is 5.06. The van der Waals surface area contributed by atoms with Gasteiger partial charge in [-0.05, 0) is 42.5 Å². The van der Waals surface area contributed by atoms with Crippen molar-refractivity contribution in [3.8, 4) is 0 Å². The molecule has 4 aromatic rings. The topological polar surface area (TPSA) is 51.1 Å². The molecule has 3 aromatic carbocycles. The molecule has 0 saturated carbocycles. The van der Waals surface area contributed by atoms with Crippen molar-refractivity contribution >= 4 is 51.7 Å². The van der Waals surface area contributed by atoms with Crippen LogP contribution in [0.5, 0.6) is 0 Å². The summed E-state index contributed by atoms with van der Waals surface area (Å²) in [5.41, 5.74) is 4.37. The van der Waals surface area contributed by atoms with E-state index in [1.807, 2.05) is 54.6 Å². The average molecular weight is 399 g/mol. The summed E-state index contributed by atoms with van der Waals surface area (Å²) in [5.74, 6) is -0.300. The number of nitrogens with zero attached hydrogens (tertiary/aromatic N) is 1. The van der Waals surface area contributed by atoms with Gasteiger partial charge in [-0.3, -0.25) is 14.2 Å². The lowest BCUT2D eigenvalue weighted by Gasteiger charge is -2.04. The SMILES string of the molecule is O=C1Nc2ccccc2/C1=C/c1cn(C(=O)c2ccc(Cl)cc2)c2ccccc12. The van der Waals surface area contributed by atoms with Crippen LogP contribution >= 0.6 is 11.6 Å². The molecule has 1 amide bonds. The van der Waals surface area contributed by atoms with Gasteiger partial charge in [0.15, 0.2) is 0 Å². The predicted octanol–water partition coefficient (Wildman–Crippen LogP) is 5.48. The smallest absolute Gasteiger partial charge is 0.262 e. The fourth-order valence-electron chi connectivity index (χ4n) is 3.66. The number of rotatable bonds is 2. The Labute approximate surface area is 172 Å². The second-order valence-electron chi connectivity index (χ2n) is 6.84. The van der Waals surface area contributed by atoms with Gasteiger partial charge in [0.1, 0.15) is 0 Å². The first kappa shape index (κ1) is 17.5. The highest BCUT2D eigenvalue weighted by Crippen LogP contribution is 2.34. The molecule has 140 valence electrons. The van der Waals surface area contributed by atoms with Crippen molar-refractivity contribution in [3.05, 3.63) is 101 Å². The molecule has 0 unspecified atom stereocenters. The first-order chi connectivity index (χ1) is 14.1. The standard InChI is InChI=1S/C24H15ClN2O2/c25-17-11-9-15(10-12-17)24(29)27-14-16(18-5-2-4-8-22(18)27)13-20-19-6-1-3-7-21(19)26-23(20)28/h1-14H,(H,26,28)/b20-13-. The Balaban J connectivity index is 1.66. The summed E-state index contributed by atoms with van der Waals surface area (Å²) < 4.78 is 1.61. The molecule has 29 heavy (non-hydrogen) atoms. The van der Waals surface area contributed by atoms with Gasteiger partial charge in [0.2, 0.25) is 0 Å². The minimum absolute atomic E-state index is 0.146. The van der Waals surface area contributed by atoms with Gasteiger partial charge in [-0.25, -0.2) is 0 Å². The quantitative estimate of drug-likeness (QED) is 0.455. The Kier molecular flexibility index (Phi) is 4.07. The number of amides is 1. The highest BCUT2D eigenvalue weighted by atomic mass is 35.5. The van der Waals surface area contributed by atoms with Crippen molar-refractivity contribution < 1.29 is 9.59 Å². The van der Waals surface area contributed by atoms with Gasteiger partial charge >= 0.3 is 0 Å². The zero-order valence-corrected chi connectivity index (χ0v) is 16.0. The van der Waals surface area contributed by atoms with Crippen LogP contribution in [-0.4, -0.2) is 16.4 Å². The minimum atomic E-state index is -0.154. The molecular weight excluding hydrogens is 384 g/mol. The van der Waals surface area contributed by atoms with E-state index in [2.05, 4.69) is 5.32 Å². The molecule has 5 heteroatoms. The first-order valence-electron chi connectivity index (χ1n) is 9.14. The summed E-state index contributed by atoms with van der Waals surface area (Å²) in [4.78, 5) is 25.6. The van der Waals surface area contributed by atoms with Crippen LogP contribution in [0.15, 0.2) is 79.0 Å². The number of para-hydroxylation sites is 2. The maximum absolute atomic E-state index is 13.1. The lowest BCUT2D eigenvalue weighted by Crippen LogP contribution is -2.10. The third kappa shape index (κ3) is 2.94. The number of carbonyl (C=O) groups is 2. The third-order valence-corrected chi connectivity index (χ3v) is 5.31. The molecule has 4 nitrogen and oxygen atoms in total. The van der Waals surface area contributed by atoms with Crippen molar-refractivity contribution in [2.24, 2.45) is 0 Å². The second-order valence-corrected chi connectivity index (χ2v) is 7.28. The fraction of sp³-hybridized carbons (Fsp3) is 0. The van der Waals surface area contributed by atoms with Gasteiger partial charge in [0.25, 0.3) is 11.8 Å². The van der Waals surface area contributed by atoms with Crippen molar-refractivity contribution in [2.45, 2.75) is 0 Å². The monoisotopic (exact) mass is 398 g/mol. The van der Waals surface area contributed by atoms with E-state index in [0.717, 1.165) is 27.7 Å². The summed E-state index contributed by atoms with van der Waals surface area (Å²) >= 11 is 5.95. The molecule has 0 atom stereocenters. The van der Waals surface area contributed by atoms with Crippen LogP contribution in [0.4, 0.5) is 5.69 Å². The van der Waals surface area contributed by atoms with Gasteiger partial charge in [0, 0.05) is 44.6 Å². The van der Waals surface area contributed by atoms with Crippen molar-refractivity contribution in [1.29, 1.82) is 0 Å². The molecule has 5 rings (SSSR count). The van der Waals surface area contributed by atoms with E-state index >= 15 is 0 Å².